The summed E-state index contributed by atoms with van der Waals surface area (Å²) in [6, 6.07) is -0.481. The Bertz CT molecular complexity index is 141. The summed E-state index contributed by atoms with van der Waals surface area (Å²) in [6.07, 6.45) is 0. The van der Waals surface area contributed by atoms with E-state index in [1.54, 1.807) is 0 Å². The summed E-state index contributed by atoms with van der Waals surface area (Å²) in [6.45, 7) is 0.716. The highest BCUT2D eigenvalue weighted by Gasteiger charge is 2.23. The molecule has 10 heavy (non-hydrogen) atoms. The van der Waals surface area contributed by atoms with Crippen LogP contribution in [-0.2, 0) is 19.1 Å². The highest BCUT2D eigenvalue weighted by Crippen LogP contribution is 1.95. The van der Waals surface area contributed by atoms with Crippen molar-refractivity contribution in [3.63, 3.8) is 0 Å². The molecule has 0 aromatic rings. The van der Waals surface area contributed by atoms with Crippen LogP contribution in [0.2, 0.25) is 0 Å². The van der Waals surface area contributed by atoms with Crippen LogP contribution >= 0.6 is 0 Å². The normalized spacial score (nSPS) is 24.2. The molecule has 1 unspecified atom stereocenters. The Morgan fingerprint density at radius 2 is 2.60 bits per heavy atom. The molecule has 0 aromatic heterocycles. The van der Waals surface area contributed by atoms with Gasteiger partial charge in [0, 0.05) is 0 Å². The third-order valence-corrected chi connectivity index (χ3v) is 1.17. The minimum absolute atomic E-state index is 0.113. The highest BCUT2D eigenvalue weighted by molar-refractivity contribution is 5.81. The van der Waals surface area contributed by atoms with Gasteiger partial charge in [-0.3, -0.25) is 10.1 Å². The van der Waals surface area contributed by atoms with E-state index in [4.69, 9.17) is 4.74 Å². The smallest absolute Gasteiger partial charge is 0.333 e. The lowest BCUT2D eigenvalue weighted by molar-refractivity contribution is -0.152. The van der Waals surface area contributed by atoms with Crippen molar-refractivity contribution in [3.05, 3.63) is 0 Å². The van der Waals surface area contributed by atoms with Crippen molar-refractivity contribution >= 4 is 12.4 Å². The summed E-state index contributed by atoms with van der Waals surface area (Å²) < 4.78 is 8.86. The first-order valence-electron chi connectivity index (χ1n) is 2.80. The molecule has 1 aliphatic heterocycles. The van der Waals surface area contributed by atoms with Gasteiger partial charge in [0.1, 0.15) is 6.04 Å². The van der Waals surface area contributed by atoms with Crippen molar-refractivity contribution in [3.8, 4) is 0 Å². The van der Waals surface area contributed by atoms with Crippen LogP contribution in [0.4, 0.5) is 0 Å². The van der Waals surface area contributed by atoms with Gasteiger partial charge in [-0.2, -0.15) is 0 Å². The fraction of sp³-hybridized carbons (Fsp3) is 0.600. The molecule has 1 aliphatic rings. The molecule has 1 N–H and O–H groups in total. The lowest BCUT2D eigenvalue weighted by Gasteiger charge is -2.01. The van der Waals surface area contributed by atoms with Crippen molar-refractivity contribution in [1.29, 1.82) is 0 Å². The summed E-state index contributed by atoms with van der Waals surface area (Å²) >= 11 is 0. The molecule has 0 radical (unpaired) electrons. The summed E-state index contributed by atoms with van der Waals surface area (Å²) in [7, 11) is 0. The zero-order chi connectivity index (χ0) is 7.40. The number of carbonyl (C=O) groups excluding carboxylic acids is 2. The molecule has 1 atom stereocenters. The number of carbonyl (C=O) groups is 2. The second-order valence-corrected chi connectivity index (χ2v) is 1.80. The van der Waals surface area contributed by atoms with Crippen LogP contribution in [0.3, 0.4) is 0 Å². The van der Waals surface area contributed by atoms with Gasteiger partial charge in [0.15, 0.2) is 0 Å². The van der Waals surface area contributed by atoms with Crippen molar-refractivity contribution in [2.24, 2.45) is 0 Å². The van der Waals surface area contributed by atoms with E-state index in [0.717, 1.165) is 0 Å². The van der Waals surface area contributed by atoms with Gasteiger partial charge in [-0.1, -0.05) is 0 Å². The van der Waals surface area contributed by atoms with Crippen LogP contribution in [0.15, 0.2) is 0 Å². The fourth-order valence-corrected chi connectivity index (χ4v) is 0.676. The number of hydrogen-bond acceptors (Lipinski definition) is 5. The zero-order valence-corrected chi connectivity index (χ0v) is 5.20. The Balaban J connectivity index is 2.32. The molecule has 5 nitrogen and oxygen atoms in total. The topological polar surface area (TPSA) is 64.6 Å². The quantitative estimate of drug-likeness (QED) is 0.295. The Morgan fingerprint density at radius 1 is 1.80 bits per heavy atom. The first-order chi connectivity index (χ1) is 4.84. The standard InChI is InChI=1S/C5H7NO4/c7-3-10-5(8)4-1-9-2-6-4/h3-4,6H,1-2H2. The van der Waals surface area contributed by atoms with Crippen LogP contribution in [0, 0.1) is 0 Å². The van der Waals surface area contributed by atoms with Crippen molar-refractivity contribution in [2.75, 3.05) is 13.3 Å². The molecule has 0 aliphatic carbocycles. The highest BCUT2D eigenvalue weighted by atomic mass is 16.6. The Morgan fingerprint density at radius 3 is 3.10 bits per heavy atom. The molecule has 1 fully saturated rings. The Kier molecular flexibility index (Phi) is 2.35. The molecule has 0 spiro atoms. The number of rotatable bonds is 2. The van der Waals surface area contributed by atoms with E-state index in [9.17, 15) is 9.59 Å². The van der Waals surface area contributed by atoms with Crippen LogP contribution in [0.1, 0.15) is 0 Å². The molecule has 0 amide bonds. The molecular weight excluding hydrogens is 138 g/mol. The summed E-state index contributed by atoms with van der Waals surface area (Å²) in [5.74, 6) is -0.590. The van der Waals surface area contributed by atoms with Crippen molar-refractivity contribution in [2.45, 2.75) is 6.04 Å². The lowest BCUT2D eigenvalue weighted by Crippen LogP contribution is -2.34. The molecule has 1 rings (SSSR count). The van der Waals surface area contributed by atoms with Gasteiger partial charge in [-0.25, -0.2) is 4.79 Å². The molecular formula is C5H7NO4. The number of hydrogen-bond donors (Lipinski definition) is 1. The molecule has 5 heteroatoms. The van der Waals surface area contributed by atoms with Crippen LogP contribution in [0.5, 0.6) is 0 Å². The van der Waals surface area contributed by atoms with E-state index in [1.165, 1.54) is 0 Å². The van der Waals surface area contributed by atoms with Gasteiger partial charge in [-0.05, 0) is 0 Å². The zero-order valence-electron chi connectivity index (χ0n) is 5.20. The molecule has 0 saturated carbocycles. The number of ether oxygens (including phenoxy) is 2. The van der Waals surface area contributed by atoms with E-state index in [1.807, 2.05) is 0 Å². The maximum atomic E-state index is 10.6. The largest absolute Gasteiger partial charge is 0.394 e. The number of esters is 1. The minimum atomic E-state index is -0.590. The van der Waals surface area contributed by atoms with Crippen molar-refractivity contribution in [1.82, 2.24) is 5.32 Å². The maximum absolute atomic E-state index is 10.6. The average Bonchev–Trinajstić information content (AvgIpc) is 2.38. The van der Waals surface area contributed by atoms with Gasteiger partial charge >= 0.3 is 12.4 Å². The van der Waals surface area contributed by atoms with Gasteiger partial charge in [0.05, 0.1) is 13.3 Å². The van der Waals surface area contributed by atoms with Crippen LogP contribution < -0.4 is 5.32 Å². The van der Waals surface area contributed by atoms with Gasteiger partial charge in [-0.15, -0.1) is 0 Å². The van der Waals surface area contributed by atoms with E-state index in [0.29, 0.717) is 6.73 Å². The van der Waals surface area contributed by atoms with E-state index in [-0.39, 0.29) is 13.1 Å². The monoisotopic (exact) mass is 145 g/mol. The van der Waals surface area contributed by atoms with Crippen LogP contribution in [-0.4, -0.2) is 31.8 Å². The van der Waals surface area contributed by atoms with E-state index >= 15 is 0 Å². The first kappa shape index (κ1) is 7.17. The van der Waals surface area contributed by atoms with Crippen LogP contribution in [0.25, 0.3) is 0 Å². The molecule has 0 bridgehead atoms. The third kappa shape index (κ3) is 1.52. The van der Waals surface area contributed by atoms with Crippen molar-refractivity contribution < 1.29 is 19.1 Å². The second kappa shape index (κ2) is 3.28. The van der Waals surface area contributed by atoms with Gasteiger partial charge in [0.25, 0.3) is 0 Å². The summed E-state index contributed by atoms with van der Waals surface area (Å²) in [5, 5.41) is 2.69. The fourth-order valence-electron chi connectivity index (χ4n) is 0.676. The molecule has 1 heterocycles. The van der Waals surface area contributed by atoms with Gasteiger partial charge in [0.2, 0.25) is 0 Å². The second-order valence-electron chi connectivity index (χ2n) is 1.80. The first-order valence-corrected chi connectivity index (χ1v) is 2.80. The van der Waals surface area contributed by atoms with E-state index in [2.05, 4.69) is 10.1 Å². The van der Waals surface area contributed by atoms with E-state index < -0.39 is 12.0 Å². The molecule has 56 valence electrons. The third-order valence-electron chi connectivity index (χ3n) is 1.17. The average molecular weight is 145 g/mol. The SMILES string of the molecule is O=COC(=O)C1COCN1. The molecule has 1 saturated heterocycles. The Labute approximate surface area is 57.3 Å². The minimum Gasteiger partial charge on any atom is -0.394 e. The summed E-state index contributed by atoms with van der Waals surface area (Å²) in [5.41, 5.74) is 0. The maximum Gasteiger partial charge on any atom is 0.333 e. The Hall–Kier alpha value is -0.940. The van der Waals surface area contributed by atoms with Gasteiger partial charge < -0.3 is 9.47 Å². The lowest BCUT2D eigenvalue weighted by atomic mass is 10.3. The summed E-state index contributed by atoms with van der Waals surface area (Å²) in [4.78, 5) is 20.3. The number of nitrogens with one attached hydrogen (secondary N) is 1. The molecule has 0 aromatic carbocycles. The predicted octanol–water partition coefficient (Wildman–Crippen LogP) is -1.37. The predicted molar refractivity (Wildman–Crippen MR) is 29.9 cm³/mol.